The van der Waals surface area contributed by atoms with Gasteiger partial charge in [-0.25, -0.2) is 4.39 Å². The number of carboxylic acid groups (broad SMARTS) is 1. The largest absolute Gasteiger partial charge is 0.481 e. The van der Waals surface area contributed by atoms with Crippen LogP contribution in [0.1, 0.15) is 24.8 Å². The monoisotopic (exact) mass is 197 g/mol. The topological polar surface area (TPSA) is 63.3 Å². The van der Waals surface area contributed by atoms with Crippen LogP contribution in [-0.2, 0) is 4.79 Å². The van der Waals surface area contributed by atoms with Crippen molar-refractivity contribution in [2.24, 2.45) is 0 Å². The maximum absolute atomic E-state index is 12.8. The molecule has 0 aromatic heterocycles. The third-order valence-electron chi connectivity index (χ3n) is 2.07. The standard InChI is InChI=1S/C10H12FNO2/c1-6(4-10(13)14)7-2-3-8(11)9(12)5-7/h2-3,5-6H,4,12H2,1H3,(H,13,14). The molecule has 1 unspecified atom stereocenters. The third kappa shape index (κ3) is 2.45. The fourth-order valence-corrected chi connectivity index (χ4v) is 1.25. The highest BCUT2D eigenvalue weighted by Gasteiger charge is 2.11. The lowest BCUT2D eigenvalue weighted by molar-refractivity contribution is -0.137. The first-order chi connectivity index (χ1) is 6.50. The number of rotatable bonds is 3. The van der Waals surface area contributed by atoms with Crippen molar-refractivity contribution in [3.63, 3.8) is 0 Å². The number of anilines is 1. The van der Waals surface area contributed by atoms with Crippen LogP contribution in [0.5, 0.6) is 0 Å². The van der Waals surface area contributed by atoms with Crippen LogP contribution in [0.25, 0.3) is 0 Å². The van der Waals surface area contributed by atoms with Crippen LogP contribution in [0.2, 0.25) is 0 Å². The molecule has 1 atom stereocenters. The molecule has 14 heavy (non-hydrogen) atoms. The molecule has 3 nitrogen and oxygen atoms in total. The number of aliphatic carboxylic acids is 1. The minimum atomic E-state index is -0.875. The molecular weight excluding hydrogens is 185 g/mol. The summed E-state index contributed by atoms with van der Waals surface area (Å²) in [5.74, 6) is -1.51. The summed E-state index contributed by atoms with van der Waals surface area (Å²) >= 11 is 0. The van der Waals surface area contributed by atoms with Gasteiger partial charge in [-0.1, -0.05) is 13.0 Å². The van der Waals surface area contributed by atoms with Crippen LogP contribution in [0.3, 0.4) is 0 Å². The summed E-state index contributed by atoms with van der Waals surface area (Å²) < 4.78 is 12.8. The molecule has 0 aliphatic carbocycles. The van der Waals surface area contributed by atoms with Crippen molar-refractivity contribution in [1.82, 2.24) is 0 Å². The van der Waals surface area contributed by atoms with E-state index in [9.17, 15) is 9.18 Å². The Kier molecular flexibility index (Phi) is 3.06. The van der Waals surface area contributed by atoms with Gasteiger partial charge in [0.05, 0.1) is 12.1 Å². The first-order valence-corrected chi connectivity index (χ1v) is 4.27. The molecule has 1 aromatic carbocycles. The van der Waals surface area contributed by atoms with Gasteiger partial charge in [0.2, 0.25) is 0 Å². The summed E-state index contributed by atoms with van der Waals surface area (Å²) in [7, 11) is 0. The summed E-state index contributed by atoms with van der Waals surface area (Å²) in [6.45, 7) is 1.76. The minimum absolute atomic E-state index is 0.0189. The average Bonchev–Trinajstić information content (AvgIpc) is 2.08. The number of hydrogen-bond acceptors (Lipinski definition) is 2. The van der Waals surface area contributed by atoms with Crippen LogP contribution in [-0.4, -0.2) is 11.1 Å². The second-order valence-electron chi connectivity index (χ2n) is 3.28. The molecule has 76 valence electrons. The molecule has 4 heteroatoms. The highest BCUT2D eigenvalue weighted by atomic mass is 19.1. The smallest absolute Gasteiger partial charge is 0.303 e. The van der Waals surface area contributed by atoms with Crippen molar-refractivity contribution in [2.45, 2.75) is 19.3 Å². The molecule has 1 aromatic rings. The second kappa shape index (κ2) is 4.09. The number of hydrogen-bond donors (Lipinski definition) is 2. The molecule has 0 heterocycles. The SMILES string of the molecule is CC(CC(=O)O)c1ccc(F)c(N)c1. The quantitative estimate of drug-likeness (QED) is 0.728. The Bertz CT molecular complexity index is 352. The molecule has 0 radical (unpaired) electrons. The van der Waals surface area contributed by atoms with Gasteiger partial charge in [0, 0.05) is 0 Å². The van der Waals surface area contributed by atoms with Gasteiger partial charge < -0.3 is 10.8 Å². The van der Waals surface area contributed by atoms with Crippen LogP contribution < -0.4 is 5.73 Å². The molecular formula is C10H12FNO2. The van der Waals surface area contributed by atoms with Gasteiger partial charge in [0.15, 0.2) is 0 Å². The molecule has 0 amide bonds. The first-order valence-electron chi connectivity index (χ1n) is 4.27. The van der Waals surface area contributed by atoms with Gasteiger partial charge in [-0.2, -0.15) is 0 Å². The van der Waals surface area contributed by atoms with Crippen LogP contribution in [0.4, 0.5) is 10.1 Å². The van der Waals surface area contributed by atoms with E-state index in [1.165, 1.54) is 12.1 Å². The number of carboxylic acids is 1. The van der Waals surface area contributed by atoms with Gasteiger partial charge in [-0.3, -0.25) is 4.79 Å². The van der Waals surface area contributed by atoms with E-state index in [1.807, 2.05) is 0 Å². The number of halogens is 1. The minimum Gasteiger partial charge on any atom is -0.481 e. The maximum atomic E-state index is 12.8. The van der Waals surface area contributed by atoms with E-state index in [1.54, 1.807) is 13.0 Å². The van der Waals surface area contributed by atoms with Gasteiger partial charge in [0.1, 0.15) is 5.82 Å². The van der Waals surface area contributed by atoms with Crippen LogP contribution >= 0.6 is 0 Å². The lowest BCUT2D eigenvalue weighted by Crippen LogP contribution is -2.03. The van der Waals surface area contributed by atoms with E-state index in [2.05, 4.69) is 0 Å². The maximum Gasteiger partial charge on any atom is 0.303 e. The summed E-state index contributed by atoms with van der Waals surface area (Å²) in [5, 5.41) is 8.56. The number of benzene rings is 1. The molecule has 0 bridgehead atoms. The molecule has 0 aliphatic heterocycles. The second-order valence-corrected chi connectivity index (χ2v) is 3.28. The van der Waals surface area contributed by atoms with Gasteiger partial charge in [0.25, 0.3) is 0 Å². The lowest BCUT2D eigenvalue weighted by atomic mass is 9.97. The molecule has 0 saturated carbocycles. The lowest BCUT2D eigenvalue weighted by Gasteiger charge is -2.09. The zero-order chi connectivity index (χ0) is 10.7. The molecule has 0 fully saturated rings. The predicted molar refractivity (Wildman–Crippen MR) is 51.5 cm³/mol. The van der Waals surface area contributed by atoms with Crippen molar-refractivity contribution < 1.29 is 14.3 Å². The summed E-state index contributed by atoms with van der Waals surface area (Å²) in [6, 6.07) is 4.28. The Morgan fingerprint density at radius 3 is 2.79 bits per heavy atom. The van der Waals surface area contributed by atoms with E-state index >= 15 is 0 Å². The van der Waals surface area contributed by atoms with E-state index in [0.29, 0.717) is 0 Å². The van der Waals surface area contributed by atoms with Crippen molar-refractivity contribution in [3.05, 3.63) is 29.6 Å². The summed E-state index contributed by atoms with van der Waals surface area (Å²) in [5.41, 5.74) is 6.16. The normalized spacial score (nSPS) is 12.4. The number of carbonyl (C=O) groups is 1. The fraction of sp³-hybridized carbons (Fsp3) is 0.300. The Labute approximate surface area is 81.4 Å². The molecule has 0 spiro atoms. The van der Waals surface area contributed by atoms with Crippen molar-refractivity contribution in [1.29, 1.82) is 0 Å². The van der Waals surface area contributed by atoms with Crippen molar-refractivity contribution >= 4 is 11.7 Å². The summed E-state index contributed by atoms with van der Waals surface area (Å²) in [6.07, 6.45) is 0.0189. The molecule has 0 aliphatic rings. The van der Waals surface area contributed by atoms with E-state index in [0.717, 1.165) is 5.56 Å². The first kappa shape index (κ1) is 10.5. The third-order valence-corrected chi connectivity index (χ3v) is 2.07. The van der Waals surface area contributed by atoms with Crippen LogP contribution in [0, 0.1) is 5.82 Å². The highest BCUT2D eigenvalue weighted by molar-refractivity contribution is 5.68. The van der Waals surface area contributed by atoms with Crippen molar-refractivity contribution in [2.75, 3.05) is 5.73 Å². The Morgan fingerprint density at radius 2 is 2.29 bits per heavy atom. The summed E-state index contributed by atoms with van der Waals surface area (Å²) in [4.78, 5) is 10.4. The zero-order valence-electron chi connectivity index (χ0n) is 7.83. The average molecular weight is 197 g/mol. The Balaban J connectivity index is 2.85. The van der Waals surface area contributed by atoms with Crippen molar-refractivity contribution in [3.8, 4) is 0 Å². The van der Waals surface area contributed by atoms with E-state index < -0.39 is 11.8 Å². The molecule has 0 saturated heterocycles. The van der Waals surface area contributed by atoms with Gasteiger partial charge in [-0.15, -0.1) is 0 Å². The van der Waals surface area contributed by atoms with E-state index in [4.69, 9.17) is 10.8 Å². The van der Waals surface area contributed by atoms with Crippen LogP contribution in [0.15, 0.2) is 18.2 Å². The predicted octanol–water partition coefficient (Wildman–Crippen LogP) is 1.99. The number of nitrogen functional groups attached to an aromatic ring is 1. The fourth-order valence-electron chi connectivity index (χ4n) is 1.25. The molecule has 3 N–H and O–H groups in total. The van der Waals surface area contributed by atoms with E-state index in [-0.39, 0.29) is 18.0 Å². The number of nitrogens with two attached hydrogens (primary N) is 1. The van der Waals surface area contributed by atoms with Gasteiger partial charge >= 0.3 is 5.97 Å². The van der Waals surface area contributed by atoms with Gasteiger partial charge in [-0.05, 0) is 23.6 Å². The molecule has 1 rings (SSSR count). The highest BCUT2D eigenvalue weighted by Crippen LogP contribution is 2.22. The Morgan fingerprint density at radius 1 is 1.64 bits per heavy atom. The Hall–Kier alpha value is -1.58. The zero-order valence-corrected chi connectivity index (χ0v) is 7.83.